The zero-order valence-corrected chi connectivity index (χ0v) is 16.7. The van der Waals surface area contributed by atoms with E-state index in [4.69, 9.17) is 0 Å². The molecule has 2 aromatic carbocycles. The first-order valence-electron chi connectivity index (χ1n) is 8.66. The smallest absolute Gasteiger partial charge is 0.348 e. The number of hydrogen-bond donors (Lipinski definition) is 4. The number of rotatable bonds is 4. The molecule has 27 heavy (non-hydrogen) atoms. The molecule has 8 heteroatoms. The second-order valence-electron chi connectivity index (χ2n) is 7.38. The van der Waals surface area contributed by atoms with Crippen molar-refractivity contribution in [3.8, 4) is 28.6 Å². The molecule has 3 aromatic rings. The maximum Gasteiger partial charge on any atom is 0.348 e. The van der Waals surface area contributed by atoms with Crippen molar-refractivity contribution >= 4 is 13.5 Å². The van der Waals surface area contributed by atoms with Crippen molar-refractivity contribution in [2.75, 3.05) is 0 Å². The van der Waals surface area contributed by atoms with Crippen LogP contribution in [0.1, 0.15) is 25.3 Å². The molecule has 1 heterocycles. The van der Waals surface area contributed by atoms with E-state index in [1.54, 1.807) is 30.3 Å². The van der Waals surface area contributed by atoms with E-state index in [9.17, 15) is 19.8 Å². The molecular formula is C19H23N3O4Si. The van der Waals surface area contributed by atoms with Crippen LogP contribution in [0.3, 0.4) is 0 Å². The van der Waals surface area contributed by atoms with E-state index in [0.717, 1.165) is 5.19 Å². The molecule has 0 fully saturated rings. The van der Waals surface area contributed by atoms with E-state index < -0.39 is 14.0 Å². The van der Waals surface area contributed by atoms with Gasteiger partial charge in [0, 0.05) is 6.07 Å². The molecule has 0 aliphatic heterocycles. The fraction of sp³-hybridized carbons (Fsp3) is 0.263. The van der Waals surface area contributed by atoms with E-state index in [0.29, 0.717) is 16.8 Å². The van der Waals surface area contributed by atoms with Crippen LogP contribution in [-0.2, 0) is 0 Å². The van der Waals surface area contributed by atoms with Crippen molar-refractivity contribution in [1.29, 1.82) is 0 Å². The Hall–Kier alpha value is -2.84. The van der Waals surface area contributed by atoms with Gasteiger partial charge in [-0.3, -0.25) is 0 Å². The van der Waals surface area contributed by atoms with Gasteiger partial charge < -0.3 is 15.0 Å². The first-order chi connectivity index (χ1) is 12.6. The van der Waals surface area contributed by atoms with Crippen LogP contribution in [0, 0.1) is 0 Å². The summed E-state index contributed by atoms with van der Waals surface area (Å²) in [5.41, 5.74) is 1.10. The van der Waals surface area contributed by atoms with Gasteiger partial charge in [-0.15, -0.1) is 0 Å². The summed E-state index contributed by atoms with van der Waals surface area (Å²) in [5.74, 6) is 0.0972. The molecule has 0 atom stereocenters. The van der Waals surface area contributed by atoms with Crippen molar-refractivity contribution in [3.63, 3.8) is 0 Å². The number of H-pyrrole nitrogens is 1. The van der Waals surface area contributed by atoms with Gasteiger partial charge in [0.25, 0.3) is 0 Å². The second kappa shape index (κ2) is 6.71. The maximum absolute atomic E-state index is 12.4. The summed E-state index contributed by atoms with van der Waals surface area (Å²) < 4.78 is 1.35. The zero-order chi connectivity index (χ0) is 19.9. The highest BCUT2D eigenvalue weighted by molar-refractivity contribution is 6.83. The number of aromatic amines is 1. The van der Waals surface area contributed by atoms with E-state index >= 15 is 0 Å². The number of aromatic nitrogens is 3. The van der Waals surface area contributed by atoms with Crippen LogP contribution in [-0.4, -0.2) is 38.1 Å². The van der Waals surface area contributed by atoms with Crippen molar-refractivity contribution in [1.82, 2.24) is 14.8 Å². The Kier molecular flexibility index (Phi) is 4.71. The van der Waals surface area contributed by atoms with E-state index in [1.165, 1.54) is 10.6 Å². The van der Waals surface area contributed by atoms with Crippen LogP contribution in [0.2, 0.25) is 13.1 Å². The lowest BCUT2D eigenvalue weighted by Gasteiger charge is -2.16. The van der Waals surface area contributed by atoms with Gasteiger partial charge in [0.15, 0.2) is 5.82 Å². The summed E-state index contributed by atoms with van der Waals surface area (Å²) in [4.78, 5) is 22.6. The van der Waals surface area contributed by atoms with Crippen LogP contribution in [0.25, 0.3) is 17.1 Å². The highest BCUT2D eigenvalue weighted by Crippen LogP contribution is 2.37. The Morgan fingerprint density at radius 3 is 2.26 bits per heavy atom. The van der Waals surface area contributed by atoms with Crippen molar-refractivity contribution in [2.45, 2.75) is 32.9 Å². The summed E-state index contributed by atoms with van der Waals surface area (Å²) in [6.45, 7) is 7.48. The lowest BCUT2D eigenvalue weighted by atomic mass is 9.98. The SMILES string of the molecule is CC(C)c1cc(-c2n[nH]c(=O)n2-c2ccc([Si](C)(C)O)cc2)c(O)cc1O. The van der Waals surface area contributed by atoms with Crippen LogP contribution in [0.4, 0.5) is 0 Å². The Labute approximate surface area is 157 Å². The number of phenols is 2. The standard InChI is InChI=1S/C19H23N3O4Si/c1-11(2)14-9-15(17(24)10-16(14)23)18-20-21-19(25)22(18)12-5-7-13(8-6-12)27(3,4)26/h5-11,23-24,26H,1-4H3,(H,21,25). The molecule has 4 N–H and O–H groups in total. The van der Waals surface area contributed by atoms with Crippen LogP contribution < -0.4 is 10.9 Å². The number of nitrogens with zero attached hydrogens (tertiary/aromatic N) is 2. The highest BCUT2D eigenvalue weighted by Gasteiger charge is 2.22. The Bertz CT molecular complexity index is 1030. The lowest BCUT2D eigenvalue weighted by Crippen LogP contribution is -2.41. The summed E-state index contributed by atoms with van der Waals surface area (Å²) in [7, 11) is -2.45. The minimum atomic E-state index is -2.45. The molecule has 142 valence electrons. The predicted molar refractivity (Wildman–Crippen MR) is 106 cm³/mol. The summed E-state index contributed by atoms with van der Waals surface area (Å²) in [6, 6.07) is 9.96. The molecule has 0 unspecified atom stereocenters. The fourth-order valence-electron chi connectivity index (χ4n) is 2.97. The molecule has 0 amide bonds. The minimum Gasteiger partial charge on any atom is -0.508 e. The third kappa shape index (κ3) is 3.53. The van der Waals surface area contributed by atoms with Gasteiger partial charge in [0.2, 0.25) is 8.32 Å². The van der Waals surface area contributed by atoms with Crippen LogP contribution >= 0.6 is 0 Å². The number of phenolic OH excluding ortho intramolecular Hbond substituents is 2. The van der Waals surface area contributed by atoms with Crippen molar-refractivity contribution < 1.29 is 15.0 Å². The van der Waals surface area contributed by atoms with Gasteiger partial charge >= 0.3 is 5.69 Å². The molecule has 0 bridgehead atoms. The Balaban J connectivity index is 2.17. The highest BCUT2D eigenvalue weighted by atomic mass is 28.4. The predicted octanol–water partition coefficient (Wildman–Crippen LogP) is 2.17. The number of hydrogen-bond acceptors (Lipinski definition) is 5. The fourth-order valence-corrected chi connectivity index (χ4v) is 3.95. The number of nitrogens with one attached hydrogen (secondary N) is 1. The third-order valence-corrected chi connectivity index (χ3v) is 6.26. The average molecular weight is 385 g/mol. The molecule has 3 rings (SSSR count). The third-order valence-electron chi connectivity index (χ3n) is 4.51. The van der Waals surface area contributed by atoms with Gasteiger partial charge in [-0.05, 0) is 48.0 Å². The van der Waals surface area contributed by atoms with E-state index in [-0.39, 0.29) is 23.2 Å². The minimum absolute atomic E-state index is 0.00447. The second-order valence-corrected chi connectivity index (χ2v) is 11.1. The van der Waals surface area contributed by atoms with Crippen LogP contribution in [0.15, 0.2) is 41.2 Å². The molecule has 0 saturated carbocycles. The first kappa shape index (κ1) is 18.9. The summed E-state index contributed by atoms with van der Waals surface area (Å²) in [6.07, 6.45) is 0. The summed E-state index contributed by atoms with van der Waals surface area (Å²) >= 11 is 0. The lowest BCUT2D eigenvalue weighted by molar-refractivity contribution is 0.444. The molecule has 0 radical (unpaired) electrons. The molecular weight excluding hydrogens is 362 g/mol. The van der Waals surface area contributed by atoms with Gasteiger partial charge in [0.05, 0.1) is 11.3 Å². The Morgan fingerprint density at radius 2 is 1.70 bits per heavy atom. The molecule has 1 aromatic heterocycles. The molecule has 0 aliphatic rings. The van der Waals surface area contributed by atoms with E-state index in [2.05, 4.69) is 10.2 Å². The van der Waals surface area contributed by atoms with Gasteiger partial charge in [0.1, 0.15) is 11.5 Å². The van der Waals surface area contributed by atoms with Gasteiger partial charge in [-0.2, -0.15) is 5.10 Å². The average Bonchev–Trinajstić information content (AvgIpc) is 2.95. The maximum atomic E-state index is 12.4. The number of aromatic hydroxyl groups is 2. The Morgan fingerprint density at radius 1 is 1.07 bits per heavy atom. The molecule has 0 aliphatic carbocycles. The molecule has 7 nitrogen and oxygen atoms in total. The molecule has 0 spiro atoms. The van der Waals surface area contributed by atoms with Gasteiger partial charge in [-0.25, -0.2) is 14.5 Å². The first-order valence-corrected chi connectivity index (χ1v) is 11.6. The summed E-state index contributed by atoms with van der Waals surface area (Å²) in [5, 5.41) is 27.7. The van der Waals surface area contributed by atoms with E-state index in [1.807, 2.05) is 26.9 Å². The van der Waals surface area contributed by atoms with Gasteiger partial charge in [-0.1, -0.05) is 26.0 Å². The largest absolute Gasteiger partial charge is 0.508 e. The topological polar surface area (TPSA) is 111 Å². The normalized spacial score (nSPS) is 11.9. The van der Waals surface area contributed by atoms with Crippen LogP contribution in [0.5, 0.6) is 11.5 Å². The zero-order valence-electron chi connectivity index (χ0n) is 15.7. The molecule has 0 saturated heterocycles. The van der Waals surface area contributed by atoms with Crippen molar-refractivity contribution in [2.24, 2.45) is 0 Å². The van der Waals surface area contributed by atoms with Crippen molar-refractivity contribution in [3.05, 3.63) is 52.4 Å². The monoisotopic (exact) mass is 385 g/mol. The quantitative estimate of drug-likeness (QED) is 0.514. The number of benzene rings is 2.